The third-order valence-electron chi connectivity index (χ3n) is 6.03. The van der Waals surface area contributed by atoms with Crippen LogP contribution in [0.3, 0.4) is 0 Å². The minimum atomic E-state index is -0.468. The van der Waals surface area contributed by atoms with E-state index in [0.717, 1.165) is 33.8 Å². The topological polar surface area (TPSA) is 53.8 Å². The van der Waals surface area contributed by atoms with Gasteiger partial charge < -0.3 is 14.2 Å². The number of nitrogens with zero attached hydrogens (tertiary/aromatic N) is 2. The number of carbonyl (C=O) groups excluding carboxylic acids is 1. The molecule has 32 heavy (non-hydrogen) atoms. The van der Waals surface area contributed by atoms with E-state index in [4.69, 9.17) is 4.42 Å². The number of halogens is 1. The molecule has 1 atom stereocenters. The van der Waals surface area contributed by atoms with Crippen LogP contribution in [-0.4, -0.2) is 42.9 Å². The number of hydrogen-bond acceptors (Lipinski definition) is 4. The molecule has 162 valence electrons. The summed E-state index contributed by atoms with van der Waals surface area (Å²) in [6, 6.07) is 18.8. The summed E-state index contributed by atoms with van der Waals surface area (Å²) in [6.07, 6.45) is 0.799. The van der Waals surface area contributed by atoms with Gasteiger partial charge in [-0.2, -0.15) is 0 Å². The van der Waals surface area contributed by atoms with Crippen molar-refractivity contribution in [3.8, 4) is 0 Å². The molecular weight excluding hydrogens is 468 g/mol. The van der Waals surface area contributed by atoms with Gasteiger partial charge in [0.2, 0.25) is 5.76 Å². The first-order chi connectivity index (χ1) is 15.5. The second-order valence-electron chi connectivity index (χ2n) is 8.45. The lowest BCUT2D eigenvalue weighted by Crippen LogP contribution is -2.32. The van der Waals surface area contributed by atoms with Crippen molar-refractivity contribution in [1.82, 2.24) is 9.80 Å². The van der Waals surface area contributed by atoms with E-state index in [1.54, 1.807) is 11.0 Å². The Hall–Kier alpha value is -2.96. The highest BCUT2D eigenvalue weighted by molar-refractivity contribution is 9.10. The predicted octanol–water partition coefficient (Wildman–Crippen LogP) is 5.21. The van der Waals surface area contributed by atoms with E-state index in [9.17, 15) is 9.59 Å². The van der Waals surface area contributed by atoms with Gasteiger partial charge in [0.1, 0.15) is 5.58 Å². The molecule has 2 heterocycles. The monoisotopic (exact) mass is 490 g/mol. The van der Waals surface area contributed by atoms with Crippen molar-refractivity contribution in [2.75, 3.05) is 27.2 Å². The van der Waals surface area contributed by atoms with Crippen LogP contribution >= 0.6 is 15.9 Å². The van der Waals surface area contributed by atoms with E-state index in [1.165, 1.54) is 0 Å². The highest BCUT2D eigenvalue weighted by Gasteiger charge is 2.42. The number of fused-ring (bicyclic) bond motifs is 4. The van der Waals surface area contributed by atoms with Crippen LogP contribution in [0, 0.1) is 0 Å². The van der Waals surface area contributed by atoms with Gasteiger partial charge in [0.25, 0.3) is 5.91 Å². The third kappa shape index (κ3) is 3.44. The Labute approximate surface area is 194 Å². The average Bonchev–Trinajstić information content (AvgIpc) is 3.06. The second-order valence-corrected chi connectivity index (χ2v) is 9.37. The van der Waals surface area contributed by atoms with Crippen LogP contribution in [0.5, 0.6) is 0 Å². The number of carbonyl (C=O) groups is 1. The van der Waals surface area contributed by atoms with Crippen molar-refractivity contribution in [1.29, 1.82) is 0 Å². The Balaban J connectivity index is 1.73. The molecule has 1 amide bonds. The molecule has 1 aliphatic heterocycles. The SMILES string of the molecule is CN(C)CCCN1C(=O)c2oc3c(ccc4ccccc43)c(=O)c2C1c1cccc(Br)c1. The van der Waals surface area contributed by atoms with Crippen molar-refractivity contribution in [2.24, 2.45) is 0 Å². The van der Waals surface area contributed by atoms with Crippen LogP contribution in [0.2, 0.25) is 0 Å². The van der Waals surface area contributed by atoms with Crippen LogP contribution < -0.4 is 5.43 Å². The normalized spacial score (nSPS) is 15.8. The van der Waals surface area contributed by atoms with E-state index in [1.807, 2.05) is 68.7 Å². The highest BCUT2D eigenvalue weighted by atomic mass is 79.9. The van der Waals surface area contributed by atoms with E-state index in [0.29, 0.717) is 23.1 Å². The van der Waals surface area contributed by atoms with Crippen molar-refractivity contribution >= 4 is 43.6 Å². The Kier molecular flexibility index (Phi) is 5.35. The molecule has 5 rings (SSSR count). The van der Waals surface area contributed by atoms with Gasteiger partial charge in [-0.15, -0.1) is 0 Å². The van der Waals surface area contributed by atoms with Crippen LogP contribution in [0.4, 0.5) is 0 Å². The molecule has 0 radical (unpaired) electrons. The maximum atomic E-state index is 13.7. The molecule has 0 bridgehead atoms. The van der Waals surface area contributed by atoms with Gasteiger partial charge in [-0.1, -0.05) is 58.4 Å². The quantitative estimate of drug-likeness (QED) is 0.360. The van der Waals surface area contributed by atoms with Crippen molar-refractivity contribution in [3.63, 3.8) is 0 Å². The van der Waals surface area contributed by atoms with Crippen molar-refractivity contribution in [3.05, 3.63) is 92.2 Å². The lowest BCUT2D eigenvalue weighted by molar-refractivity contribution is 0.0722. The minimum absolute atomic E-state index is 0.138. The number of benzene rings is 3. The summed E-state index contributed by atoms with van der Waals surface area (Å²) in [7, 11) is 4.02. The smallest absolute Gasteiger partial charge is 0.290 e. The van der Waals surface area contributed by atoms with Gasteiger partial charge in [-0.25, -0.2) is 0 Å². The summed E-state index contributed by atoms with van der Waals surface area (Å²) in [6.45, 7) is 1.38. The molecule has 5 nitrogen and oxygen atoms in total. The number of hydrogen-bond donors (Lipinski definition) is 0. The lowest BCUT2D eigenvalue weighted by Gasteiger charge is -2.26. The van der Waals surface area contributed by atoms with E-state index >= 15 is 0 Å². The summed E-state index contributed by atoms with van der Waals surface area (Å²) in [5.74, 6) is -0.0654. The van der Waals surface area contributed by atoms with Crippen LogP contribution in [0.25, 0.3) is 21.7 Å². The maximum Gasteiger partial charge on any atom is 0.290 e. The molecular formula is C26H23BrN2O3. The zero-order valence-electron chi connectivity index (χ0n) is 18.0. The fourth-order valence-electron chi connectivity index (χ4n) is 4.56. The van der Waals surface area contributed by atoms with Gasteiger partial charge >= 0.3 is 0 Å². The molecule has 0 aliphatic carbocycles. The second kappa shape index (κ2) is 8.19. The fraction of sp³-hybridized carbons (Fsp3) is 0.231. The lowest BCUT2D eigenvalue weighted by atomic mass is 9.97. The Morgan fingerprint density at radius 2 is 1.81 bits per heavy atom. The molecule has 0 N–H and O–H groups in total. The Morgan fingerprint density at radius 1 is 1.00 bits per heavy atom. The van der Waals surface area contributed by atoms with Crippen molar-refractivity contribution in [2.45, 2.75) is 12.5 Å². The minimum Gasteiger partial charge on any atom is -0.450 e. The highest BCUT2D eigenvalue weighted by Crippen LogP contribution is 2.39. The van der Waals surface area contributed by atoms with E-state index in [2.05, 4.69) is 20.8 Å². The molecule has 6 heteroatoms. The summed E-state index contributed by atoms with van der Waals surface area (Å²) < 4.78 is 7.14. The molecule has 0 saturated carbocycles. The largest absolute Gasteiger partial charge is 0.450 e. The first-order valence-corrected chi connectivity index (χ1v) is 11.4. The van der Waals surface area contributed by atoms with Gasteiger partial charge in [0.05, 0.1) is 17.0 Å². The number of amides is 1. The molecule has 4 aromatic rings. The Bertz CT molecular complexity index is 1410. The van der Waals surface area contributed by atoms with Crippen molar-refractivity contribution < 1.29 is 9.21 Å². The van der Waals surface area contributed by atoms with E-state index in [-0.39, 0.29) is 17.1 Å². The van der Waals surface area contributed by atoms with Gasteiger partial charge in [0.15, 0.2) is 5.43 Å². The molecule has 1 aromatic heterocycles. The van der Waals surface area contributed by atoms with Gasteiger partial charge in [0, 0.05) is 16.4 Å². The summed E-state index contributed by atoms with van der Waals surface area (Å²) in [5, 5.41) is 2.31. The number of rotatable bonds is 5. The third-order valence-corrected chi connectivity index (χ3v) is 6.52. The zero-order valence-corrected chi connectivity index (χ0v) is 19.6. The van der Waals surface area contributed by atoms with E-state index < -0.39 is 6.04 Å². The van der Waals surface area contributed by atoms with Crippen LogP contribution in [0.1, 0.15) is 34.1 Å². The first kappa shape index (κ1) is 20.9. The molecule has 1 aliphatic rings. The summed E-state index contributed by atoms with van der Waals surface area (Å²) in [5.41, 5.74) is 1.66. The summed E-state index contributed by atoms with van der Waals surface area (Å²) in [4.78, 5) is 31.2. The molecule has 0 saturated heterocycles. The van der Waals surface area contributed by atoms with Gasteiger partial charge in [-0.05, 0) is 56.2 Å². The zero-order chi connectivity index (χ0) is 22.4. The maximum absolute atomic E-state index is 13.7. The average molecular weight is 491 g/mol. The molecule has 0 fully saturated rings. The summed E-state index contributed by atoms with van der Waals surface area (Å²) >= 11 is 3.53. The standard InChI is InChI=1S/C26H23BrN2O3/c1-28(2)13-6-14-29-22(17-8-5-9-18(27)15-17)21-23(30)20-12-11-16-7-3-4-10-19(16)24(20)32-25(21)26(29)31/h3-5,7-12,15,22H,6,13-14H2,1-2H3. The first-order valence-electron chi connectivity index (χ1n) is 10.7. The van der Waals surface area contributed by atoms with Crippen LogP contribution in [-0.2, 0) is 0 Å². The molecule has 3 aromatic carbocycles. The molecule has 0 spiro atoms. The van der Waals surface area contributed by atoms with Gasteiger partial charge in [-0.3, -0.25) is 9.59 Å². The van der Waals surface area contributed by atoms with Crippen LogP contribution in [0.15, 0.2) is 74.3 Å². The Morgan fingerprint density at radius 3 is 2.59 bits per heavy atom. The fourth-order valence-corrected chi connectivity index (χ4v) is 4.98. The predicted molar refractivity (Wildman–Crippen MR) is 130 cm³/mol. The molecule has 1 unspecified atom stereocenters.